The summed E-state index contributed by atoms with van der Waals surface area (Å²) in [6.07, 6.45) is 0. The summed E-state index contributed by atoms with van der Waals surface area (Å²) < 4.78 is 21.4. The van der Waals surface area contributed by atoms with E-state index in [1.807, 2.05) is 32.0 Å². The third kappa shape index (κ3) is 4.41. The number of hydrogen-bond donors (Lipinski definition) is 0. The molecular weight excluding hydrogens is 308 g/mol. The fraction of sp³-hybridized carbons (Fsp3) is 0.316. The van der Waals surface area contributed by atoms with Crippen molar-refractivity contribution in [3.63, 3.8) is 0 Å². The summed E-state index contributed by atoms with van der Waals surface area (Å²) >= 11 is 0. The van der Waals surface area contributed by atoms with Crippen LogP contribution in [0.4, 0.5) is 0 Å². The first kappa shape index (κ1) is 17.7. The molecule has 0 aliphatic heterocycles. The summed E-state index contributed by atoms with van der Waals surface area (Å²) in [6.45, 7) is 4.67. The highest BCUT2D eigenvalue weighted by Gasteiger charge is 2.14. The quantitative estimate of drug-likeness (QED) is 0.574. The molecule has 0 radical (unpaired) electrons. The second-order valence-electron chi connectivity index (χ2n) is 5.32. The predicted octanol–water partition coefficient (Wildman–Crippen LogP) is 3.56. The number of rotatable bonds is 7. The van der Waals surface area contributed by atoms with Gasteiger partial charge in [0.15, 0.2) is 0 Å². The third-order valence-corrected chi connectivity index (χ3v) is 3.54. The van der Waals surface area contributed by atoms with E-state index >= 15 is 0 Å². The first-order chi connectivity index (χ1) is 11.5. The lowest BCUT2D eigenvalue weighted by Crippen LogP contribution is -2.12. The first-order valence-electron chi connectivity index (χ1n) is 7.64. The van der Waals surface area contributed by atoms with Crippen LogP contribution in [0.25, 0.3) is 0 Å². The lowest BCUT2D eigenvalue weighted by molar-refractivity contribution is 0.0595. The van der Waals surface area contributed by atoms with E-state index in [4.69, 9.17) is 18.9 Å². The molecule has 0 aliphatic rings. The molecule has 0 atom stereocenters. The van der Waals surface area contributed by atoms with Gasteiger partial charge in [0.1, 0.15) is 36.0 Å². The van der Waals surface area contributed by atoms with Crippen LogP contribution in [0.5, 0.6) is 17.2 Å². The van der Waals surface area contributed by atoms with E-state index in [0.717, 1.165) is 16.9 Å². The lowest BCUT2D eigenvalue weighted by Gasteiger charge is -2.13. The average molecular weight is 330 g/mol. The molecule has 0 amide bonds. The van der Waals surface area contributed by atoms with E-state index in [-0.39, 0.29) is 0 Å². The standard InChI is InChI=1S/C19H22O5/c1-13-5-6-14(2)17(11-13)23-9-10-24-18-12-15(21-3)7-8-16(18)19(20)22-4/h5-8,11-12H,9-10H2,1-4H3. The van der Waals surface area contributed by atoms with E-state index in [1.165, 1.54) is 7.11 Å². The van der Waals surface area contributed by atoms with Gasteiger partial charge in [0.05, 0.1) is 14.2 Å². The average Bonchev–Trinajstić information content (AvgIpc) is 2.60. The minimum Gasteiger partial charge on any atom is -0.497 e. The van der Waals surface area contributed by atoms with Crippen molar-refractivity contribution in [2.24, 2.45) is 0 Å². The minimum absolute atomic E-state index is 0.296. The zero-order valence-electron chi connectivity index (χ0n) is 14.4. The van der Waals surface area contributed by atoms with Crippen molar-refractivity contribution in [1.29, 1.82) is 0 Å². The molecule has 0 fully saturated rings. The van der Waals surface area contributed by atoms with Crippen molar-refractivity contribution in [3.05, 3.63) is 53.1 Å². The number of benzene rings is 2. The highest BCUT2D eigenvalue weighted by Crippen LogP contribution is 2.25. The van der Waals surface area contributed by atoms with Crippen molar-refractivity contribution >= 4 is 5.97 Å². The number of carbonyl (C=O) groups excluding carboxylic acids is 1. The molecule has 5 nitrogen and oxygen atoms in total. The highest BCUT2D eigenvalue weighted by atomic mass is 16.5. The molecule has 0 heterocycles. The summed E-state index contributed by atoms with van der Waals surface area (Å²) in [5, 5.41) is 0. The molecule has 5 heteroatoms. The lowest BCUT2D eigenvalue weighted by atomic mass is 10.1. The maximum Gasteiger partial charge on any atom is 0.341 e. The largest absolute Gasteiger partial charge is 0.497 e. The Morgan fingerprint density at radius 3 is 2.29 bits per heavy atom. The molecule has 2 rings (SSSR count). The van der Waals surface area contributed by atoms with E-state index in [2.05, 4.69) is 0 Å². The molecule has 2 aromatic carbocycles. The summed E-state index contributed by atoms with van der Waals surface area (Å²) in [5.74, 6) is 1.39. The monoisotopic (exact) mass is 330 g/mol. The number of hydrogen-bond acceptors (Lipinski definition) is 5. The molecule has 0 aromatic heterocycles. The van der Waals surface area contributed by atoms with Gasteiger partial charge in [-0.3, -0.25) is 0 Å². The van der Waals surface area contributed by atoms with Crippen LogP contribution >= 0.6 is 0 Å². The van der Waals surface area contributed by atoms with Gasteiger partial charge in [-0.05, 0) is 43.2 Å². The Morgan fingerprint density at radius 1 is 0.917 bits per heavy atom. The van der Waals surface area contributed by atoms with E-state index in [9.17, 15) is 4.79 Å². The van der Waals surface area contributed by atoms with Crippen LogP contribution in [-0.4, -0.2) is 33.4 Å². The second-order valence-corrected chi connectivity index (χ2v) is 5.32. The van der Waals surface area contributed by atoms with Gasteiger partial charge >= 0.3 is 5.97 Å². The zero-order valence-corrected chi connectivity index (χ0v) is 14.4. The second kappa shape index (κ2) is 8.24. The molecule has 24 heavy (non-hydrogen) atoms. The maximum atomic E-state index is 11.8. The van der Waals surface area contributed by atoms with Crippen LogP contribution in [0, 0.1) is 13.8 Å². The molecule has 0 saturated carbocycles. The third-order valence-electron chi connectivity index (χ3n) is 3.54. The van der Waals surface area contributed by atoms with Crippen molar-refractivity contribution < 1.29 is 23.7 Å². The Hall–Kier alpha value is -2.69. The summed E-state index contributed by atoms with van der Waals surface area (Å²) in [4.78, 5) is 11.8. The number of esters is 1. The fourth-order valence-corrected chi connectivity index (χ4v) is 2.19. The van der Waals surface area contributed by atoms with Gasteiger partial charge in [-0.15, -0.1) is 0 Å². The molecular formula is C19H22O5. The minimum atomic E-state index is -0.455. The topological polar surface area (TPSA) is 54.0 Å². The molecule has 0 unspecified atom stereocenters. The Morgan fingerprint density at radius 2 is 1.62 bits per heavy atom. The zero-order chi connectivity index (χ0) is 17.5. The Kier molecular flexibility index (Phi) is 6.07. The highest BCUT2D eigenvalue weighted by molar-refractivity contribution is 5.92. The first-order valence-corrected chi connectivity index (χ1v) is 7.64. The van der Waals surface area contributed by atoms with Gasteiger partial charge < -0.3 is 18.9 Å². The van der Waals surface area contributed by atoms with Gasteiger partial charge in [0, 0.05) is 6.07 Å². The molecule has 128 valence electrons. The van der Waals surface area contributed by atoms with Crippen molar-refractivity contribution in [2.45, 2.75) is 13.8 Å². The van der Waals surface area contributed by atoms with Gasteiger partial charge in [0.25, 0.3) is 0 Å². The number of ether oxygens (including phenoxy) is 4. The SMILES string of the molecule is COC(=O)c1ccc(OC)cc1OCCOc1cc(C)ccc1C. The van der Waals surface area contributed by atoms with Gasteiger partial charge in [0.2, 0.25) is 0 Å². The van der Waals surface area contributed by atoms with Gasteiger partial charge in [-0.1, -0.05) is 12.1 Å². The van der Waals surface area contributed by atoms with Crippen LogP contribution in [0.2, 0.25) is 0 Å². The Labute approximate surface area is 142 Å². The van der Waals surface area contributed by atoms with E-state index < -0.39 is 5.97 Å². The van der Waals surface area contributed by atoms with Crippen LogP contribution in [0.1, 0.15) is 21.5 Å². The summed E-state index contributed by atoms with van der Waals surface area (Å²) in [7, 11) is 2.89. The fourth-order valence-electron chi connectivity index (χ4n) is 2.19. The molecule has 0 spiro atoms. The van der Waals surface area contributed by atoms with Crippen LogP contribution in [0.15, 0.2) is 36.4 Å². The number of aryl methyl sites for hydroxylation is 2. The molecule has 0 bridgehead atoms. The number of methoxy groups -OCH3 is 2. The molecule has 0 N–H and O–H groups in total. The molecule has 0 saturated heterocycles. The number of carbonyl (C=O) groups is 1. The maximum absolute atomic E-state index is 11.8. The van der Waals surface area contributed by atoms with Crippen LogP contribution in [0.3, 0.4) is 0 Å². The normalized spacial score (nSPS) is 10.2. The Bertz CT molecular complexity index is 709. The van der Waals surface area contributed by atoms with E-state index in [1.54, 1.807) is 25.3 Å². The van der Waals surface area contributed by atoms with Crippen molar-refractivity contribution in [1.82, 2.24) is 0 Å². The van der Waals surface area contributed by atoms with E-state index in [0.29, 0.717) is 30.3 Å². The smallest absolute Gasteiger partial charge is 0.341 e. The van der Waals surface area contributed by atoms with Crippen LogP contribution < -0.4 is 14.2 Å². The Balaban J connectivity index is 2.00. The van der Waals surface area contributed by atoms with Crippen LogP contribution in [-0.2, 0) is 4.74 Å². The van der Waals surface area contributed by atoms with Gasteiger partial charge in [-0.2, -0.15) is 0 Å². The van der Waals surface area contributed by atoms with Crippen molar-refractivity contribution in [3.8, 4) is 17.2 Å². The molecule has 0 aliphatic carbocycles. The summed E-state index contributed by atoms with van der Waals surface area (Å²) in [5.41, 5.74) is 2.56. The predicted molar refractivity (Wildman–Crippen MR) is 91.2 cm³/mol. The van der Waals surface area contributed by atoms with Crippen molar-refractivity contribution in [2.75, 3.05) is 27.4 Å². The summed E-state index contributed by atoms with van der Waals surface area (Å²) in [6, 6.07) is 11.0. The molecule has 2 aromatic rings. The van der Waals surface area contributed by atoms with Gasteiger partial charge in [-0.25, -0.2) is 4.79 Å².